The Morgan fingerprint density at radius 2 is 1.76 bits per heavy atom. The third kappa shape index (κ3) is 5.09. The maximum Gasteiger partial charge on any atom is 0.309 e. The summed E-state index contributed by atoms with van der Waals surface area (Å²) < 4.78 is 36.4. The average molecular weight is 420 g/mol. The number of amides is 2. The highest BCUT2D eigenvalue weighted by atomic mass is 32.2. The Kier molecular flexibility index (Phi) is 6.45. The van der Waals surface area contributed by atoms with Crippen molar-refractivity contribution in [1.82, 2.24) is 9.62 Å². The minimum absolute atomic E-state index is 0.0309. The highest BCUT2D eigenvalue weighted by molar-refractivity contribution is 7.89. The molecule has 1 N–H and O–H groups in total. The molecule has 10 heteroatoms. The molecule has 0 spiro atoms. The van der Waals surface area contributed by atoms with Crippen molar-refractivity contribution in [3.05, 3.63) is 54.5 Å². The number of ether oxygens (including phenoxy) is 1. The van der Waals surface area contributed by atoms with Crippen molar-refractivity contribution in [2.45, 2.75) is 17.7 Å². The lowest BCUT2D eigenvalue weighted by Gasteiger charge is -2.30. The second-order valence-corrected chi connectivity index (χ2v) is 8.39. The number of furan rings is 1. The van der Waals surface area contributed by atoms with Gasteiger partial charge in [-0.2, -0.15) is 4.31 Å². The molecule has 0 unspecified atom stereocenters. The molecular weight excluding hydrogens is 400 g/mol. The molecule has 2 heterocycles. The second-order valence-electron chi connectivity index (χ2n) is 6.45. The Morgan fingerprint density at radius 1 is 1.07 bits per heavy atom. The number of carbonyl (C=O) groups excluding carboxylic acids is 3. The van der Waals surface area contributed by atoms with E-state index in [-0.39, 0.29) is 36.6 Å². The molecule has 1 fully saturated rings. The van der Waals surface area contributed by atoms with Gasteiger partial charge >= 0.3 is 5.97 Å². The number of nitrogens with one attached hydrogen (secondary N) is 1. The summed E-state index contributed by atoms with van der Waals surface area (Å²) in [5, 5.41) is 2.05. The lowest BCUT2D eigenvalue weighted by molar-refractivity contribution is -0.153. The van der Waals surface area contributed by atoms with Crippen LogP contribution in [-0.2, 0) is 24.3 Å². The molecule has 0 bridgehead atoms. The fourth-order valence-corrected chi connectivity index (χ4v) is 4.45. The van der Waals surface area contributed by atoms with E-state index < -0.39 is 40.3 Å². The monoisotopic (exact) mass is 420 g/mol. The largest absolute Gasteiger partial charge is 0.459 e. The highest BCUT2D eigenvalue weighted by Crippen LogP contribution is 2.24. The molecule has 0 atom stereocenters. The summed E-state index contributed by atoms with van der Waals surface area (Å²) >= 11 is 0. The van der Waals surface area contributed by atoms with Gasteiger partial charge in [0.25, 0.3) is 11.8 Å². The Balaban J connectivity index is 1.45. The van der Waals surface area contributed by atoms with E-state index in [2.05, 4.69) is 0 Å². The van der Waals surface area contributed by atoms with Crippen LogP contribution in [0.4, 0.5) is 0 Å². The number of esters is 1. The molecule has 0 saturated carbocycles. The Morgan fingerprint density at radius 3 is 2.38 bits per heavy atom. The molecule has 1 aliphatic rings. The van der Waals surface area contributed by atoms with Gasteiger partial charge in [-0.25, -0.2) is 8.42 Å². The predicted molar refractivity (Wildman–Crippen MR) is 100 cm³/mol. The summed E-state index contributed by atoms with van der Waals surface area (Å²) in [6, 6.07) is 11.0. The topological polar surface area (TPSA) is 123 Å². The van der Waals surface area contributed by atoms with E-state index in [0.29, 0.717) is 0 Å². The lowest BCUT2D eigenvalue weighted by atomic mass is 9.98. The minimum atomic E-state index is -3.60. The number of rotatable bonds is 6. The standard InChI is InChI=1S/C19H20N2O7S/c22-17(20-18(23)16-7-4-12-27-16)13-28-19(24)14-8-10-21(11-9-14)29(25,26)15-5-2-1-3-6-15/h1-7,12,14H,8-11,13H2,(H,20,22,23). The quantitative estimate of drug-likeness (QED) is 0.696. The SMILES string of the molecule is O=C(COC(=O)C1CCN(S(=O)(=O)c2ccccc2)CC1)NC(=O)c1ccco1. The van der Waals surface area contributed by atoms with Crippen LogP contribution in [0.25, 0.3) is 0 Å². The number of hydrogen-bond donors (Lipinski definition) is 1. The van der Waals surface area contributed by atoms with Crippen molar-refractivity contribution in [1.29, 1.82) is 0 Å². The number of imide groups is 1. The van der Waals surface area contributed by atoms with Gasteiger partial charge in [0, 0.05) is 13.1 Å². The summed E-state index contributed by atoms with van der Waals surface area (Å²) in [5.74, 6) is -2.64. The third-order valence-corrected chi connectivity index (χ3v) is 6.42. The van der Waals surface area contributed by atoms with Crippen molar-refractivity contribution in [3.8, 4) is 0 Å². The number of piperidine rings is 1. The summed E-state index contributed by atoms with van der Waals surface area (Å²) in [4.78, 5) is 35.8. The maximum absolute atomic E-state index is 12.6. The van der Waals surface area contributed by atoms with Crippen LogP contribution in [0.15, 0.2) is 58.0 Å². The molecule has 1 aromatic heterocycles. The molecule has 1 saturated heterocycles. The van der Waals surface area contributed by atoms with Crippen LogP contribution in [0.1, 0.15) is 23.4 Å². The third-order valence-electron chi connectivity index (χ3n) is 4.51. The average Bonchev–Trinajstić information content (AvgIpc) is 3.28. The fourth-order valence-electron chi connectivity index (χ4n) is 2.96. The smallest absolute Gasteiger partial charge is 0.309 e. The molecule has 2 aromatic rings. The van der Waals surface area contributed by atoms with Gasteiger partial charge < -0.3 is 9.15 Å². The number of nitrogens with zero attached hydrogens (tertiary/aromatic N) is 1. The Bertz CT molecular complexity index is 963. The van der Waals surface area contributed by atoms with E-state index in [1.165, 1.54) is 34.8 Å². The molecule has 154 valence electrons. The van der Waals surface area contributed by atoms with Gasteiger partial charge in [0.2, 0.25) is 10.0 Å². The van der Waals surface area contributed by atoms with E-state index in [4.69, 9.17) is 9.15 Å². The summed E-state index contributed by atoms with van der Waals surface area (Å²) in [5.41, 5.74) is 0. The van der Waals surface area contributed by atoms with Gasteiger partial charge in [0.1, 0.15) is 0 Å². The van der Waals surface area contributed by atoms with Crippen molar-refractivity contribution >= 4 is 27.8 Å². The molecule has 29 heavy (non-hydrogen) atoms. The van der Waals surface area contributed by atoms with E-state index in [9.17, 15) is 22.8 Å². The Labute approximate surface area is 167 Å². The number of hydrogen-bond acceptors (Lipinski definition) is 7. The van der Waals surface area contributed by atoms with Crippen LogP contribution in [0.3, 0.4) is 0 Å². The van der Waals surface area contributed by atoms with Crippen molar-refractivity contribution in [2.24, 2.45) is 5.92 Å². The van der Waals surface area contributed by atoms with Gasteiger partial charge in [-0.05, 0) is 37.1 Å². The minimum Gasteiger partial charge on any atom is -0.459 e. The molecule has 9 nitrogen and oxygen atoms in total. The van der Waals surface area contributed by atoms with E-state index >= 15 is 0 Å². The lowest BCUT2D eigenvalue weighted by Crippen LogP contribution is -2.41. The van der Waals surface area contributed by atoms with Crippen molar-refractivity contribution in [3.63, 3.8) is 0 Å². The maximum atomic E-state index is 12.6. The van der Waals surface area contributed by atoms with Crippen molar-refractivity contribution < 1.29 is 32.0 Å². The molecule has 0 aliphatic carbocycles. The normalized spacial score (nSPS) is 15.6. The summed E-state index contributed by atoms with van der Waals surface area (Å²) in [7, 11) is -3.60. The fraction of sp³-hybridized carbons (Fsp3) is 0.316. The van der Waals surface area contributed by atoms with Gasteiger partial charge in [0.05, 0.1) is 17.1 Å². The van der Waals surface area contributed by atoms with Crippen LogP contribution in [0.5, 0.6) is 0 Å². The first kappa shape index (κ1) is 20.7. The van der Waals surface area contributed by atoms with Gasteiger partial charge in [-0.3, -0.25) is 19.7 Å². The van der Waals surface area contributed by atoms with Crippen LogP contribution < -0.4 is 5.32 Å². The Hall–Kier alpha value is -2.98. The molecule has 0 radical (unpaired) electrons. The van der Waals surface area contributed by atoms with E-state index in [1.54, 1.807) is 18.2 Å². The van der Waals surface area contributed by atoms with Crippen LogP contribution >= 0.6 is 0 Å². The second kappa shape index (κ2) is 9.01. The molecular formula is C19H20N2O7S. The zero-order valence-electron chi connectivity index (χ0n) is 15.4. The summed E-state index contributed by atoms with van der Waals surface area (Å²) in [6.07, 6.45) is 1.87. The van der Waals surface area contributed by atoms with Crippen molar-refractivity contribution in [2.75, 3.05) is 19.7 Å². The number of carbonyl (C=O) groups is 3. The molecule has 1 aliphatic heterocycles. The zero-order chi connectivity index (χ0) is 20.9. The first-order valence-electron chi connectivity index (χ1n) is 8.97. The molecule has 3 rings (SSSR count). The molecule has 1 aromatic carbocycles. The van der Waals surface area contributed by atoms with Gasteiger partial charge in [-0.15, -0.1) is 0 Å². The number of sulfonamides is 1. The predicted octanol–water partition coefficient (Wildman–Crippen LogP) is 1.18. The number of benzene rings is 1. The van der Waals surface area contributed by atoms with Crippen LogP contribution in [0.2, 0.25) is 0 Å². The first-order chi connectivity index (χ1) is 13.9. The van der Waals surface area contributed by atoms with Gasteiger partial charge in [-0.1, -0.05) is 18.2 Å². The zero-order valence-corrected chi connectivity index (χ0v) is 16.3. The summed E-state index contributed by atoms with van der Waals surface area (Å²) in [6.45, 7) is -0.242. The highest BCUT2D eigenvalue weighted by Gasteiger charge is 2.33. The van der Waals surface area contributed by atoms with E-state index in [1.807, 2.05) is 5.32 Å². The van der Waals surface area contributed by atoms with Crippen LogP contribution in [-0.4, -0.2) is 50.2 Å². The first-order valence-corrected chi connectivity index (χ1v) is 10.4. The van der Waals surface area contributed by atoms with Gasteiger partial charge in [0.15, 0.2) is 12.4 Å². The van der Waals surface area contributed by atoms with E-state index in [0.717, 1.165) is 0 Å². The van der Waals surface area contributed by atoms with Crippen LogP contribution in [0, 0.1) is 5.92 Å². The molecule has 2 amide bonds.